The smallest absolute Gasteiger partial charge is 0.239 e. The molecule has 8 nitrogen and oxygen atoms in total. The van der Waals surface area contributed by atoms with E-state index in [2.05, 4.69) is 46.2 Å². The highest BCUT2D eigenvalue weighted by Gasteiger charge is 2.27. The number of nitrogens with one attached hydrogen (secondary N) is 1. The summed E-state index contributed by atoms with van der Waals surface area (Å²) in [6, 6.07) is 2.28. The van der Waals surface area contributed by atoms with E-state index in [1.165, 1.54) is 0 Å². The van der Waals surface area contributed by atoms with Crippen LogP contribution in [0.2, 0.25) is 0 Å². The normalized spacial score (nSPS) is 18.6. The molecule has 1 fully saturated rings. The van der Waals surface area contributed by atoms with Crippen LogP contribution in [0.3, 0.4) is 0 Å². The third-order valence-electron chi connectivity index (χ3n) is 4.63. The lowest BCUT2D eigenvalue weighted by Gasteiger charge is -2.23. The molecule has 25 heavy (non-hydrogen) atoms. The minimum atomic E-state index is -0.0431. The number of likely N-dealkylation sites (tertiary alicyclic amines) is 1. The molecule has 3 rings (SSSR count). The lowest BCUT2D eigenvalue weighted by atomic mass is 9.92. The summed E-state index contributed by atoms with van der Waals surface area (Å²) in [5.74, 6) is 0.732. The van der Waals surface area contributed by atoms with Gasteiger partial charge in [-0.05, 0) is 19.4 Å². The molecule has 0 radical (unpaired) electrons. The van der Waals surface area contributed by atoms with Crippen LogP contribution in [0.1, 0.15) is 39.3 Å². The van der Waals surface area contributed by atoms with Gasteiger partial charge in [-0.25, -0.2) is 4.98 Å². The Kier molecular flexibility index (Phi) is 4.89. The summed E-state index contributed by atoms with van der Waals surface area (Å²) in [5, 5.41) is 11.7. The topological polar surface area (TPSA) is 80.9 Å². The lowest BCUT2D eigenvalue weighted by Crippen LogP contribution is -2.39. The van der Waals surface area contributed by atoms with Crippen molar-refractivity contribution in [2.45, 2.75) is 51.6 Å². The van der Waals surface area contributed by atoms with Crippen molar-refractivity contribution in [3.63, 3.8) is 0 Å². The van der Waals surface area contributed by atoms with Gasteiger partial charge in [0.15, 0.2) is 0 Å². The first-order chi connectivity index (χ1) is 11.8. The van der Waals surface area contributed by atoms with Crippen LogP contribution in [0, 0.1) is 0 Å². The maximum absolute atomic E-state index is 12.5. The molecule has 0 aromatic carbocycles. The van der Waals surface area contributed by atoms with Gasteiger partial charge in [0.1, 0.15) is 18.5 Å². The van der Waals surface area contributed by atoms with Crippen molar-refractivity contribution in [1.82, 2.24) is 29.4 Å². The second kappa shape index (κ2) is 6.95. The van der Waals surface area contributed by atoms with Gasteiger partial charge in [-0.2, -0.15) is 10.2 Å². The largest absolute Gasteiger partial charge is 0.310 e. The molecule has 0 unspecified atom stereocenters. The highest BCUT2D eigenvalue weighted by molar-refractivity contribution is 5.91. The van der Waals surface area contributed by atoms with Gasteiger partial charge < -0.3 is 5.32 Å². The number of aryl methyl sites for hydroxylation is 1. The number of aromatic nitrogens is 5. The molecule has 2 aromatic rings. The molecule has 1 amide bonds. The first-order valence-corrected chi connectivity index (χ1v) is 8.74. The van der Waals surface area contributed by atoms with Gasteiger partial charge in [0, 0.05) is 24.6 Å². The number of nitrogens with zero attached hydrogens (tertiary/aromatic N) is 6. The molecule has 0 spiro atoms. The average Bonchev–Trinajstić information content (AvgIpc) is 3.23. The molecule has 1 saturated heterocycles. The second-order valence-corrected chi connectivity index (χ2v) is 7.72. The number of hydrogen-bond acceptors (Lipinski definition) is 5. The standard InChI is InChI=1S/C17H27N7O/c1-17(2,3)14-8-15(22(4)21-14)20-16(25)10-23-7-5-6-13(23)9-24-12-18-11-19-24/h8,11-13H,5-7,9-10H2,1-4H3,(H,20,25)/t13-/m0/s1. The van der Waals surface area contributed by atoms with Crippen molar-refractivity contribution >= 4 is 11.7 Å². The number of carbonyl (C=O) groups excluding carboxylic acids is 1. The second-order valence-electron chi connectivity index (χ2n) is 7.72. The van der Waals surface area contributed by atoms with Crippen molar-refractivity contribution < 1.29 is 4.79 Å². The highest BCUT2D eigenvalue weighted by atomic mass is 16.2. The predicted octanol–water partition coefficient (Wildman–Crippen LogP) is 1.41. The van der Waals surface area contributed by atoms with E-state index >= 15 is 0 Å². The molecule has 1 atom stereocenters. The summed E-state index contributed by atoms with van der Waals surface area (Å²) in [4.78, 5) is 18.7. The number of amides is 1. The van der Waals surface area contributed by atoms with Gasteiger partial charge in [0.25, 0.3) is 0 Å². The van der Waals surface area contributed by atoms with Crippen molar-refractivity contribution in [3.05, 3.63) is 24.4 Å². The third-order valence-corrected chi connectivity index (χ3v) is 4.63. The minimum Gasteiger partial charge on any atom is -0.310 e. The van der Waals surface area contributed by atoms with Crippen LogP contribution in [0.4, 0.5) is 5.82 Å². The van der Waals surface area contributed by atoms with E-state index in [-0.39, 0.29) is 11.3 Å². The monoisotopic (exact) mass is 345 g/mol. The summed E-state index contributed by atoms with van der Waals surface area (Å²) in [6.07, 6.45) is 5.45. The van der Waals surface area contributed by atoms with Gasteiger partial charge in [-0.1, -0.05) is 20.8 Å². The summed E-state index contributed by atoms with van der Waals surface area (Å²) in [5.41, 5.74) is 0.925. The Morgan fingerprint density at radius 1 is 1.40 bits per heavy atom. The first-order valence-electron chi connectivity index (χ1n) is 8.74. The zero-order valence-electron chi connectivity index (χ0n) is 15.4. The van der Waals surface area contributed by atoms with Gasteiger partial charge in [-0.3, -0.25) is 19.1 Å². The third kappa shape index (κ3) is 4.25. The maximum atomic E-state index is 12.5. The van der Waals surface area contributed by atoms with Crippen LogP contribution in [-0.4, -0.2) is 54.5 Å². The van der Waals surface area contributed by atoms with Crippen molar-refractivity contribution in [1.29, 1.82) is 0 Å². The average molecular weight is 345 g/mol. The molecule has 0 aliphatic carbocycles. The summed E-state index contributed by atoms with van der Waals surface area (Å²) >= 11 is 0. The van der Waals surface area contributed by atoms with Crippen LogP contribution in [0.5, 0.6) is 0 Å². The zero-order chi connectivity index (χ0) is 18.0. The quantitative estimate of drug-likeness (QED) is 0.886. The predicted molar refractivity (Wildman–Crippen MR) is 95.2 cm³/mol. The van der Waals surface area contributed by atoms with E-state index in [0.29, 0.717) is 12.6 Å². The van der Waals surface area contributed by atoms with E-state index in [1.807, 2.05) is 17.8 Å². The molecular formula is C17H27N7O. The molecule has 1 aliphatic heterocycles. The Morgan fingerprint density at radius 2 is 2.20 bits per heavy atom. The molecule has 136 valence electrons. The lowest BCUT2D eigenvalue weighted by molar-refractivity contribution is -0.117. The molecule has 0 bridgehead atoms. The molecule has 1 N–H and O–H groups in total. The Balaban J connectivity index is 1.59. The van der Waals surface area contributed by atoms with E-state index in [9.17, 15) is 4.79 Å². The number of carbonyl (C=O) groups is 1. The molecule has 1 aliphatic rings. The van der Waals surface area contributed by atoms with Gasteiger partial charge in [0.2, 0.25) is 5.91 Å². The van der Waals surface area contributed by atoms with Crippen LogP contribution < -0.4 is 5.32 Å². The van der Waals surface area contributed by atoms with Crippen LogP contribution >= 0.6 is 0 Å². The first kappa shape index (κ1) is 17.6. The van der Waals surface area contributed by atoms with E-state index in [1.54, 1.807) is 17.3 Å². The van der Waals surface area contributed by atoms with Crippen molar-refractivity contribution in [3.8, 4) is 0 Å². The fourth-order valence-corrected chi connectivity index (χ4v) is 3.17. The fraction of sp³-hybridized carbons (Fsp3) is 0.647. The van der Waals surface area contributed by atoms with E-state index in [4.69, 9.17) is 0 Å². The SMILES string of the molecule is Cn1nc(C(C)(C)C)cc1NC(=O)CN1CCC[C@H]1Cn1cncn1. The summed E-state index contributed by atoms with van der Waals surface area (Å²) in [6.45, 7) is 8.42. The van der Waals surface area contributed by atoms with Crippen LogP contribution in [0.15, 0.2) is 18.7 Å². The Labute approximate surface area is 148 Å². The minimum absolute atomic E-state index is 0.00560. The Hall–Kier alpha value is -2.22. The summed E-state index contributed by atoms with van der Waals surface area (Å²) < 4.78 is 3.56. The Bertz CT molecular complexity index is 714. The molecular weight excluding hydrogens is 318 g/mol. The number of anilines is 1. The van der Waals surface area contributed by atoms with Crippen LogP contribution in [-0.2, 0) is 23.8 Å². The molecule has 2 aromatic heterocycles. The molecule has 3 heterocycles. The summed E-state index contributed by atoms with van der Waals surface area (Å²) in [7, 11) is 1.86. The van der Waals surface area contributed by atoms with Crippen molar-refractivity contribution in [2.24, 2.45) is 7.05 Å². The van der Waals surface area contributed by atoms with Crippen molar-refractivity contribution in [2.75, 3.05) is 18.4 Å². The van der Waals surface area contributed by atoms with E-state index in [0.717, 1.165) is 37.4 Å². The Morgan fingerprint density at radius 3 is 2.84 bits per heavy atom. The highest BCUT2D eigenvalue weighted by Crippen LogP contribution is 2.23. The van der Waals surface area contributed by atoms with E-state index < -0.39 is 0 Å². The molecule has 0 saturated carbocycles. The number of rotatable bonds is 5. The van der Waals surface area contributed by atoms with Gasteiger partial charge >= 0.3 is 0 Å². The zero-order valence-corrected chi connectivity index (χ0v) is 15.4. The fourth-order valence-electron chi connectivity index (χ4n) is 3.17. The van der Waals surface area contributed by atoms with Gasteiger partial charge in [0.05, 0.1) is 18.8 Å². The molecule has 8 heteroatoms. The van der Waals surface area contributed by atoms with Gasteiger partial charge in [-0.15, -0.1) is 0 Å². The van der Waals surface area contributed by atoms with Crippen LogP contribution in [0.25, 0.3) is 0 Å². The maximum Gasteiger partial charge on any atom is 0.239 e. The number of hydrogen-bond donors (Lipinski definition) is 1.